The highest BCUT2D eigenvalue weighted by atomic mass is 16.2. The van der Waals surface area contributed by atoms with E-state index in [0.717, 1.165) is 63.0 Å². The Kier molecular flexibility index (Phi) is 6.61. The van der Waals surface area contributed by atoms with Crippen LogP contribution in [-0.2, 0) is 11.3 Å². The van der Waals surface area contributed by atoms with Crippen LogP contribution >= 0.6 is 0 Å². The number of aromatic nitrogens is 2. The fourth-order valence-electron chi connectivity index (χ4n) is 3.98. The largest absolute Gasteiger partial charge is 0.384 e. The maximum atomic E-state index is 12.9. The number of hydrogen-bond acceptors (Lipinski definition) is 5. The molecule has 3 rings (SSSR count). The predicted octanol–water partition coefficient (Wildman–Crippen LogP) is 2.76. The first kappa shape index (κ1) is 18.8. The molecule has 2 aliphatic rings. The third-order valence-corrected chi connectivity index (χ3v) is 5.54. The molecular formula is C20H31N5O. The monoisotopic (exact) mass is 357 g/mol. The molecule has 1 aromatic heterocycles. The molecule has 0 bridgehead atoms. The average molecular weight is 358 g/mol. The SMILES string of the molecule is CN(Cc1nccc(N)n1)[C@H]1CCCN(C(=O)C2=CCCCCC2)CC1. The van der Waals surface area contributed by atoms with E-state index in [4.69, 9.17) is 5.73 Å². The van der Waals surface area contributed by atoms with E-state index in [0.29, 0.717) is 18.4 Å². The first-order valence-corrected chi connectivity index (χ1v) is 9.89. The van der Waals surface area contributed by atoms with E-state index in [-0.39, 0.29) is 5.91 Å². The van der Waals surface area contributed by atoms with Crippen molar-refractivity contribution in [2.24, 2.45) is 0 Å². The molecule has 0 radical (unpaired) electrons. The number of likely N-dealkylation sites (tertiary alicyclic amines) is 1. The summed E-state index contributed by atoms with van der Waals surface area (Å²) >= 11 is 0. The van der Waals surface area contributed by atoms with Crippen LogP contribution in [0.1, 0.15) is 57.2 Å². The fraction of sp³-hybridized carbons (Fsp3) is 0.650. The van der Waals surface area contributed by atoms with Gasteiger partial charge in [0.25, 0.3) is 0 Å². The minimum Gasteiger partial charge on any atom is -0.384 e. The topological polar surface area (TPSA) is 75.4 Å². The van der Waals surface area contributed by atoms with Crippen molar-refractivity contribution in [3.8, 4) is 0 Å². The van der Waals surface area contributed by atoms with Crippen LogP contribution in [0.4, 0.5) is 5.82 Å². The van der Waals surface area contributed by atoms with Gasteiger partial charge in [-0.05, 0) is 58.1 Å². The molecular weight excluding hydrogens is 326 g/mol. The molecule has 2 N–H and O–H groups in total. The number of nitrogens with zero attached hydrogens (tertiary/aromatic N) is 4. The fourth-order valence-corrected chi connectivity index (χ4v) is 3.98. The van der Waals surface area contributed by atoms with Crippen molar-refractivity contribution in [2.45, 2.75) is 64.0 Å². The molecule has 1 fully saturated rings. The zero-order valence-electron chi connectivity index (χ0n) is 15.9. The van der Waals surface area contributed by atoms with Crippen LogP contribution in [0.2, 0.25) is 0 Å². The number of carbonyl (C=O) groups is 1. The molecule has 0 spiro atoms. The molecule has 0 unspecified atom stereocenters. The molecule has 1 aromatic rings. The second-order valence-electron chi connectivity index (χ2n) is 7.52. The number of hydrogen-bond donors (Lipinski definition) is 1. The summed E-state index contributed by atoms with van der Waals surface area (Å²) in [6.07, 6.45) is 12.6. The van der Waals surface area contributed by atoms with E-state index in [2.05, 4.69) is 32.9 Å². The molecule has 1 aliphatic heterocycles. The van der Waals surface area contributed by atoms with Crippen molar-refractivity contribution in [3.63, 3.8) is 0 Å². The Morgan fingerprint density at radius 2 is 2.15 bits per heavy atom. The van der Waals surface area contributed by atoms with Gasteiger partial charge in [0.1, 0.15) is 11.6 Å². The lowest BCUT2D eigenvalue weighted by molar-refractivity contribution is -0.127. The molecule has 6 nitrogen and oxygen atoms in total. The van der Waals surface area contributed by atoms with Gasteiger partial charge in [-0.2, -0.15) is 0 Å². The Morgan fingerprint density at radius 3 is 3.00 bits per heavy atom. The number of allylic oxidation sites excluding steroid dienone is 1. The summed E-state index contributed by atoms with van der Waals surface area (Å²) in [5, 5.41) is 0. The van der Waals surface area contributed by atoms with Gasteiger partial charge in [0.2, 0.25) is 5.91 Å². The average Bonchev–Trinajstić information content (AvgIpc) is 3.04. The smallest absolute Gasteiger partial charge is 0.249 e. The second-order valence-corrected chi connectivity index (χ2v) is 7.52. The van der Waals surface area contributed by atoms with E-state index in [1.807, 2.05) is 0 Å². The molecule has 1 aliphatic carbocycles. The first-order chi connectivity index (χ1) is 12.6. The Bertz CT molecular complexity index is 645. The van der Waals surface area contributed by atoms with Crippen molar-refractivity contribution in [2.75, 3.05) is 25.9 Å². The molecule has 142 valence electrons. The third kappa shape index (κ3) is 5.04. The third-order valence-electron chi connectivity index (χ3n) is 5.54. The molecule has 1 atom stereocenters. The van der Waals surface area contributed by atoms with Gasteiger partial charge in [-0.25, -0.2) is 9.97 Å². The van der Waals surface area contributed by atoms with Gasteiger partial charge >= 0.3 is 0 Å². The lowest BCUT2D eigenvalue weighted by Gasteiger charge is -2.27. The van der Waals surface area contributed by atoms with E-state index in [1.54, 1.807) is 12.3 Å². The first-order valence-electron chi connectivity index (χ1n) is 9.89. The van der Waals surface area contributed by atoms with E-state index in [1.165, 1.54) is 12.8 Å². The Balaban J connectivity index is 1.55. The summed E-state index contributed by atoms with van der Waals surface area (Å²) < 4.78 is 0. The highest BCUT2D eigenvalue weighted by Gasteiger charge is 2.25. The highest BCUT2D eigenvalue weighted by Crippen LogP contribution is 2.22. The summed E-state index contributed by atoms with van der Waals surface area (Å²) in [6.45, 7) is 2.40. The van der Waals surface area contributed by atoms with Crippen molar-refractivity contribution in [1.29, 1.82) is 0 Å². The normalized spacial score (nSPS) is 21.8. The molecule has 1 saturated heterocycles. The van der Waals surface area contributed by atoms with Gasteiger partial charge in [-0.3, -0.25) is 9.69 Å². The van der Waals surface area contributed by atoms with Crippen LogP contribution < -0.4 is 5.73 Å². The van der Waals surface area contributed by atoms with Gasteiger partial charge in [-0.15, -0.1) is 0 Å². The van der Waals surface area contributed by atoms with Gasteiger partial charge in [0.15, 0.2) is 0 Å². The predicted molar refractivity (Wildman–Crippen MR) is 103 cm³/mol. The summed E-state index contributed by atoms with van der Waals surface area (Å²) in [5.74, 6) is 1.54. The van der Waals surface area contributed by atoms with E-state index < -0.39 is 0 Å². The number of nitrogens with two attached hydrogens (primary N) is 1. The summed E-state index contributed by atoms with van der Waals surface area (Å²) in [5.41, 5.74) is 6.80. The van der Waals surface area contributed by atoms with Crippen LogP contribution in [0.25, 0.3) is 0 Å². The van der Waals surface area contributed by atoms with Crippen molar-refractivity contribution in [3.05, 3.63) is 29.7 Å². The number of carbonyl (C=O) groups excluding carboxylic acids is 1. The van der Waals surface area contributed by atoms with Gasteiger partial charge in [-0.1, -0.05) is 12.5 Å². The Labute approximate surface area is 156 Å². The van der Waals surface area contributed by atoms with Crippen molar-refractivity contribution >= 4 is 11.7 Å². The zero-order chi connectivity index (χ0) is 18.4. The van der Waals surface area contributed by atoms with Crippen LogP contribution in [0.15, 0.2) is 23.9 Å². The standard InChI is InChI=1S/C20H31N5O/c1-24(15-19-22-12-10-18(21)23-19)17-9-6-13-25(14-11-17)20(26)16-7-4-2-3-5-8-16/h7,10,12,17H,2-6,8-9,11,13-15H2,1H3,(H2,21,22,23)/t17-/m0/s1. The number of rotatable bonds is 4. The maximum Gasteiger partial charge on any atom is 0.249 e. The molecule has 1 amide bonds. The molecule has 2 heterocycles. The van der Waals surface area contributed by atoms with Gasteiger partial charge < -0.3 is 10.6 Å². The summed E-state index contributed by atoms with van der Waals surface area (Å²) in [6, 6.07) is 2.15. The van der Waals surface area contributed by atoms with Crippen LogP contribution in [-0.4, -0.2) is 51.9 Å². The van der Waals surface area contributed by atoms with E-state index >= 15 is 0 Å². The quantitative estimate of drug-likeness (QED) is 0.897. The van der Waals surface area contributed by atoms with Crippen LogP contribution in [0, 0.1) is 0 Å². The Hall–Kier alpha value is -1.95. The lowest BCUT2D eigenvalue weighted by Crippen LogP contribution is -2.35. The van der Waals surface area contributed by atoms with Crippen molar-refractivity contribution < 1.29 is 4.79 Å². The molecule has 0 saturated carbocycles. The minimum absolute atomic E-state index is 0.273. The minimum atomic E-state index is 0.273. The second kappa shape index (κ2) is 9.12. The number of anilines is 1. The molecule has 6 heteroatoms. The summed E-state index contributed by atoms with van der Waals surface area (Å²) in [4.78, 5) is 25.8. The number of nitrogen functional groups attached to an aromatic ring is 1. The van der Waals surface area contributed by atoms with Crippen molar-refractivity contribution in [1.82, 2.24) is 19.8 Å². The van der Waals surface area contributed by atoms with Gasteiger partial charge in [0, 0.05) is 30.9 Å². The maximum absolute atomic E-state index is 12.9. The zero-order valence-corrected chi connectivity index (χ0v) is 15.9. The Morgan fingerprint density at radius 1 is 1.27 bits per heavy atom. The highest BCUT2D eigenvalue weighted by molar-refractivity contribution is 5.93. The molecule has 26 heavy (non-hydrogen) atoms. The van der Waals surface area contributed by atoms with Gasteiger partial charge in [0.05, 0.1) is 6.54 Å². The number of amides is 1. The molecule has 0 aromatic carbocycles. The van der Waals surface area contributed by atoms with E-state index in [9.17, 15) is 4.79 Å². The summed E-state index contributed by atoms with van der Waals surface area (Å²) in [7, 11) is 2.11. The van der Waals surface area contributed by atoms with Crippen LogP contribution in [0.3, 0.4) is 0 Å². The lowest BCUT2D eigenvalue weighted by atomic mass is 10.1. The van der Waals surface area contributed by atoms with Crippen LogP contribution in [0.5, 0.6) is 0 Å².